The summed E-state index contributed by atoms with van der Waals surface area (Å²) in [6.07, 6.45) is 2.43. The second-order valence-electron chi connectivity index (χ2n) is 2.63. The Kier molecular flexibility index (Phi) is 3.11. The van der Waals surface area contributed by atoms with Gasteiger partial charge in [0, 0.05) is 6.92 Å². The predicted molar refractivity (Wildman–Crippen MR) is 53.1 cm³/mol. The fourth-order valence-electron chi connectivity index (χ4n) is 0.976. The Balaban J connectivity index is 3.15. The van der Waals surface area contributed by atoms with Crippen LogP contribution in [0.15, 0.2) is 11.4 Å². The maximum Gasteiger partial charge on any atom is 0.180 e. The van der Waals surface area contributed by atoms with Gasteiger partial charge in [0.05, 0.1) is 5.69 Å². The van der Waals surface area contributed by atoms with E-state index in [1.165, 1.54) is 13.3 Å². The van der Waals surface area contributed by atoms with E-state index < -0.39 is 0 Å². The lowest BCUT2D eigenvalue weighted by Gasteiger charge is -2.06. The minimum Gasteiger partial charge on any atom is -0.388 e. The summed E-state index contributed by atoms with van der Waals surface area (Å²) >= 11 is 0. The standard InChI is InChI=1S/C8H11N5O/c1-5-7(13-12-3-9)8(6(2)14)11-4-10-5/h3-4,13H,1-2H3,(H2,9,12). The molecule has 1 rings (SSSR count). The van der Waals surface area contributed by atoms with Crippen LogP contribution in [0.4, 0.5) is 5.69 Å². The lowest BCUT2D eigenvalue weighted by Crippen LogP contribution is -2.07. The normalized spacial score (nSPS) is 10.4. The van der Waals surface area contributed by atoms with Gasteiger partial charge in [-0.25, -0.2) is 9.97 Å². The monoisotopic (exact) mass is 193 g/mol. The van der Waals surface area contributed by atoms with Crippen LogP contribution in [0.5, 0.6) is 0 Å². The third-order valence-corrected chi connectivity index (χ3v) is 1.62. The van der Waals surface area contributed by atoms with Crippen LogP contribution in [0.3, 0.4) is 0 Å². The summed E-state index contributed by atoms with van der Waals surface area (Å²) in [6, 6.07) is 0. The Hall–Kier alpha value is -1.98. The van der Waals surface area contributed by atoms with Gasteiger partial charge in [0.1, 0.15) is 24.0 Å². The lowest BCUT2D eigenvalue weighted by molar-refractivity contribution is 0.101. The summed E-state index contributed by atoms with van der Waals surface area (Å²) in [5, 5.41) is 3.62. The van der Waals surface area contributed by atoms with Gasteiger partial charge >= 0.3 is 0 Å². The van der Waals surface area contributed by atoms with Crippen LogP contribution in [-0.2, 0) is 0 Å². The van der Waals surface area contributed by atoms with E-state index in [2.05, 4.69) is 20.5 Å². The smallest absolute Gasteiger partial charge is 0.180 e. The molecule has 0 aliphatic carbocycles. The van der Waals surface area contributed by atoms with Gasteiger partial charge in [0.15, 0.2) is 5.78 Å². The first-order chi connectivity index (χ1) is 6.66. The molecule has 0 saturated heterocycles. The summed E-state index contributed by atoms with van der Waals surface area (Å²) in [7, 11) is 0. The van der Waals surface area contributed by atoms with Crippen LogP contribution in [0.1, 0.15) is 23.1 Å². The van der Waals surface area contributed by atoms with E-state index in [1.807, 2.05) is 0 Å². The van der Waals surface area contributed by atoms with E-state index in [1.54, 1.807) is 6.92 Å². The number of nitrogens with one attached hydrogen (secondary N) is 1. The Morgan fingerprint density at radius 3 is 2.93 bits per heavy atom. The van der Waals surface area contributed by atoms with Crippen LogP contribution in [-0.4, -0.2) is 22.1 Å². The largest absolute Gasteiger partial charge is 0.388 e. The highest BCUT2D eigenvalue weighted by Crippen LogP contribution is 2.16. The maximum atomic E-state index is 11.2. The van der Waals surface area contributed by atoms with Crippen molar-refractivity contribution < 1.29 is 4.79 Å². The number of hydrogen-bond donors (Lipinski definition) is 2. The van der Waals surface area contributed by atoms with E-state index in [4.69, 9.17) is 5.73 Å². The van der Waals surface area contributed by atoms with Gasteiger partial charge in [-0.15, -0.1) is 0 Å². The molecule has 74 valence electrons. The number of carbonyl (C=O) groups is 1. The van der Waals surface area contributed by atoms with Gasteiger partial charge in [0.2, 0.25) is 0 Å². The molecule has 0 radical (unpaired) electrons. The first kappa shape index (κ1) is 10.1. The molecule has 6 heteroatoms. The number of ketones is 1. The molecule has 0 aliphatic rings. The number of anilines is 1. The maximum absolute atomic E-state index is 11.2. The average Bonchev–Trinajstić information content (AvgIpc) is 2.15. The zero-order valence-corrected chi connectivity index (χ0v) is 7.98. The molecular formula is C8H11N5O. The van der Waals surface area contributed by atoms with Crippen molar-refractivity contribution in [3.05, 3.63) is 17.7 Å². The summed E-state index contributed by atoms with van der Waals surface area (Å²) in [5.74, 6) is -0.148. The second-order valence-corrected chi connectivity index (χ2v) is 2.63. The SMILES string of the molecule is CC(=O)c1ncnc(C)c1N/N=C/N. The van der Waals surface area contributed by atoms with E-state index in [0.717, 1.165) is 6.34 Å². The summed E-state index contributed by atoms with van der Waals surface area (Å²) in [5.41, 5.74) is 9.13. The van der Waals surface area contributed by atoms with Crippen LogP contribution >= 0.6 is 0 Å². The van der Waals surface area contributed by atoms with Gasteiger partial charge in [-0.3, -0.25) is 10.2 Å². The van der Waals surface area contributed by atoms with Gasteiger partial charge in [-0.1, -0.05) is 0 Å². The number of Topliss-reactive ketones (excluding diaryl/α,β-unsaturated/α-hetero) is 1. The minimum absolute atomic E-state index is 0.148. The third-order valence-electron chi connectivity index (χ3n) is 1.62. The van der Waals surface area contributed by atoms with Crippen molar-refractivity contribution >= 4 is 17.8 Å². The Morgan fingerprint density at radius 2 is 2.36 bits per heavy atom. The van der Waals surface area contributed by atoms with Gasteiger partial charge < -0.3 is 5.73 Å². The molecule has 14 heavy (non-hydrogen) atoms. The first-order valence-corrected chi connectivity index (χ1v) is 3.98. The topological polar surface area (TPSA) is 93.3 Å². The highest BCUT2D eigenvalue weighted by Gasteiger charge is 2.11. The number of nitrogens with zero attached hydrogens (tertiary/aromatic N) is 3. The Morgan fingerprint density at radius 1 is 1.64 bits per heavy atom. The minimum atomic E-state index is -0.148. The van der Waals surface area contributed by atoms with Crippen LogP contribution < -0.4 is 11.2 Å². The Labute approximate surface area is 81.2 Å². The van der Waals surface area contributed by atoms with E-state index in [9.17, 15) is 4.79 Å². The lowest BCUT2D eigenvalue weighted by atomic mass is 10.2. The summed E-state index contributed by atoms with van der Waals surface area (Å²) in [4.78, 5) is 19.0. The molecule has 0 fully saturated rings. The van der Waals surface area contributed by atoms with Crippen molar-refractivity contribution in [2.45, 2.75) is 13.8 Å². The molecule has 0 amide bonds. The predicted octanol–water partition coefficient (Wildman–Crippen LogP) is 0.302. The average molecular weight is 193 g/mol. The van der Waals surface area contributed by atoms with Crippen molar-refractivity contribution in [2.75, 3.05) is 5.43 Å². The van der Waals surface area contributed by atoms with E-state index in [0.29, 0.717) is 17.1 Å². The molecule has 3 N–H and O–H groups in total. The quantitative estimate of drug-likeness (QED) is 0.311. The van der Waals surface area contributed by atoms with Crippen molar-refractivity contribution in [3.63, 3.8) is 0 Å². The molecule has 0 aliphatic heterocycles. The number of nitrogens with two attached hydrogens (primary N) is 1. The zero-order valence-electron chi connectivity index (χ0n) is 7.98. The number of hydrazone groups is 1. The van der Waals surface area contributed by atoms with Crippen molar-refractivity contribution in [3.8, 4) is 0 Å². The highest BCUT2D eigenvalue weighted by molar-refractivity contribution is 5.97. The van der Waals surface area contributed by atoms with Gasteiger partial charge in [-0.05, 0) is 6.92 Å². The number of aromatic nitrogens is 2. The van der Waals surface area contributed by atoms with Gasteiger partial charge in [-0.2, -0.15) is 5.10 Å². The molecule has 1 heterocycles. The fourth-order valence-corrected chi connectivity index (χ4v) is 0.976. The van der Waals surface area contributed by atoms with E-state index >= 15 is 0 Å². The molecule has 0 aromatic carbocycles. The molecular weight excluding hydrogens is 182 g/mol. The zero-order chi connectivity index (χ0) is 10.6. The molecule has 0 unspecified atom stereocenters. The second kappa shape index (κ2) is 4.31. The molecule has 0 bridgehead atoms. The first-order valence-electron chi connectivity index (χ1n) is 3.98. The molecule has 0 atom stereocenters. The third kappa shape index (κ3) is 2.03. The van der Waals surface area contributed by atoms with E-state index in [-0.39, 0.29) is 5.78 Å². The molecule has 1 aromatic heterocycles. The number of rotatable bonds is 3. The van der Waals surface area contributed by atoms with Crippen LogP contribution in [0, 0.1) is 6.92 Å². The Bertz CT molecular complexity index is 374. The van der Waals surface area contributed by atoms with Gasteiger partial charge in [0.25, 0.3) is 0 Å². The summed E-state index contributed by atoms with van der Waals surface area (Å²) in [6.45, 7) is 3.18. The highest BCUT2D eigenvalue weighted by atomic mass is 16.1. The molecule has 0 saturated carbocycles. The van der Waals surface area contributed by atoms with Crippen molar-refractivity contribution in [1.82, 2.24) is 9.97 Å². The molecule has 0 spiro atoms. The van der Waals surface area contributed by atoms with Crippen molar-refractivity contribution in [1.29, 1.82) is 0 Å². The number of aryl methyl sites for hydroxylation is 1. The number of carbonyl (C=O) groups excluding carboxylic acids is 1. The molecule has 1 aromatic rings. The summed E-state index contributed by atoms with van der Waals surface area (Å²) < 4.78 is 0. The molecule has 6 nitrogen and oxygen atoms in total. The number of hydrogen-bond acceptors (Lipinski definition) is 5. The van der Waals surface area contributed by atoms with Crippen LogP contribution in [0.25, 0.3) is 0 Å². The fraction of sp³-hybridized carbons (Fsp3) is 0.250. The van der Waals surface area contributed by atoms with Crippen molar-refractivity contribution in [2.24, 2.45) is 10.8 Å². The van der Waals surface area contributed by atoms with Crippen LogP contribution in [0.2, 0.25) is 0 Å².